The molecule has 3 rings (SSSR count). The van der Waals surface area contributed by atoms with Crippen LogP contribution in [0, 0.1) is 10.1 Å². The number of ether oxygens (including phenoxy) is 1. The first-order valence-electron chi connectivity index (χ1n) is 6.95. The van der Waals surface area contributed by atoms with Crippen LogP contribution in [0.5, 0.6) is 5.75 Å². The first-order chi connectivity index (χ1) is 12.5. The molecule has 0 saturated carbocycles. The lowest BCUT2D eigenvalue weighted by molar-refractivity contribution is -0.388. The van der Waals surface area contributed by atoms with E-state index in [0.717, 1.165) is 12.1 Å². The number of nitrogens with zero attached hydrogens (tertiary/aromatic N) is 2. The zero-order chi connectivity index (χ0) is 20.1. The summed E-state index contributed by atoms with van der Waals surface area (Å²) in [4.78, 5) is 45.6. The maximum atomic E-state index is 12.4. The summed E-state index contributed by atoms with van der Waals surface area (Å²) in [7, 11) is 0. The Balaban J connectivity index is 2.21. The number of nitro benzene ring substituents is 1. The van der Waals surface area contributed by atoms with E-state index >= 15 is 0 Å². The van der Waals surface area contributed by atoms with Crippen molar-refractivity contribution in [3.05, 3.63) is 55.9 Å². The number of imide groups is 1. The number of nitrogens with two attached hydrogens (primary N) is 1. The fraction of sp³-hybridized carbons (Fsp3) is 0.0714. The van der Waals surface area contributed by atoms with Gasteiger partial charge in [-0.25, -0.2) is 0 Å². The molecule has 2 heterocycles. The zero-order valence-corrected chi connectivity index (χ0v) is 12.9. The average molecular weight is 384 g/mol. The van der Waals surface area contributed by atoms with Gasteiger partial charge < -0.3 is 10.5 Å². The number of carbonyl (C=O) groups is 2. The number of benzene rings is 1. The third-order valence-electron chi connectivity index (χ3n) is 3.58. The minimum Gasteiger partial charge on any atom is -0.398 e. The Morgan fingerprint density at radius 1 is 1.15 bits per heavy atom. The largest absolute Gasteiger partial charge is 0.573 e. The Hall–Kier alpha value is -3.90. The first-order valence-corrected chi connectivity index (χ1v) is 6.95. The molecule has 1 aliphatic rings. The van der Waals surface area contributed by atoms with Crippen LogP contribution in [0.2, 0.25) is 0 Å². The van der Waals surface area contributed by atoms with E-state index < -0.39 is 45.9 Å². The molecule has 2 aromatic rings. The number of hydrogen-bond donors (Lipinski definition) is 2. The summed E-state index contributed by atoms with van der Waals surface area (Å²) in [5.41, 5.74) is 2.86. The lowest BCUT2D eigenvalue weighted by Crippen LogP contribution is -2.24. The van der Waals surface area contributed by atoms with Gasteiger partial charge in [-0.05, 0) is 12.1 Å². The summed E-state index contributed by atoms with van der Waals surface area (Å²) in [6.07, 6.45) is -5.17. The number of nitrogen functional groups attached to an aromatic ring is 1. The molecule has 0 atom stereocenters. The van der Waals surface area contributed by atoms with Crippen molar-refractivity contribution in [2.45, 2.75) is 6.36 Å². The van der Waals surface area contributed by atoms with Crippen LogP contribution in [0.1, 0.15) is 20.7 Å². The predicted octanol–water partition coefficient (Wildman–Crippen LogP) is 1.11. The Morgan fingerprint density at radius 3 is 2.41 bits per heavy atom. The lowest BCUT2D eigenvalue weighted by Gasteiger charge is -2.13. The number of rotatable bonds is 3. The number of halogens is 3. The summed E-state index contributed by atoms with van der Waals surface area (Å²) >= 11 is 0. The Bertz CT molecular complexity index is 1080. The van der Waals surface area contributed by atoms with Crippen LogP contribution in [0.4, 0.5) is 24.7 Å². The summed E-state index contributed by atoms with van der Waals surface area (Å²) in [5, 5.41) is 13.0. The molecule has 1 aromatic heterocycles. The molecule has 10 nitrogen and oxygen atoms in total. The summed E-state index contributed by atoms with van der Waals surface area (Å²) in [6.45, 7) is 0. The molecule has 27 heavy (non-hydrogen) atoms. The predicted molar refractivity (Wildman–Crippen MR) is 81.6 cm³/mol. The van der Waals surface area contributed by atoms with Crippen LogP contribution in [-0.2, 0) is 0 Å². The highest BCUT2D eigenvalue weighted by molar-refractivity contribution is 6.23. The number of pyridine rings is 1. The minimum atomic E-state index is -5.17. The SMILES string of the molecule is Nc1c2c(cc(=O)n1-c1ccc(OC(F)(F)F)c([N+](=O)[O-])c1)C(=O)NC2=O. The molecule has 0 radical (unpaired) electrons. The van der Waals surface area contributed by atoms with E-state index in [2.05, 4.69) is 4.74 Å². The zero-order valence-electron chi connectivity index (χ0n) is 12.9. The van der Waals surface area contributed by atoms with Gasteiger partial charge in [-0.2, -0.15) is 0 Å². The van der Waals surface area contributed by atoms with Crippen LogP contribution in [-0.4, -0.2) is 27.7 Å². The molecule has 13 heteroatoms. The van der Waals surface area contributed by atoms with Gasteiger partial charge in [-0.15, -0.1) is 13.2 Å². The van der Waals surface area contributed by atoms with Crippen molar-refractivity contribution in [1.29, 1.82) is 0 Å². The number of carbonyl (C=O) groups excluding carboxylic acids is 2. The first kappa shape index (κ1) is 17.9. The fourth-order valence-electron chi connectivity index (χ4n) is 2.54. The molecule has 1 aliphatic heterocycles. The van der Waals surface area contributed by atoms with Gasteiger partial charge in [0.25, 0.3) is 17.4 Å². The number of amides is 2. The van der Waals surface area contributed by atoms with Gasteiger partial charge in [0, 0.05) is 12.1 Å². The van der Waals surface area contributed by atoms with Crippen molar-refractivity contribution in [3.8, 4) is 11.4 Å². The van der Waals surface area contributed by atoms with E-state index in [1.165, 1.54) is 0 Å². The van der Waals surface area contributed by atoms with Gasteiger partial charge in [-0.1, -0.05) is 0 Å². The van der Waals surface area contributed by atoms with E-state index in [1.54, 1.807) is 0 Å². The van der Waals surface area contributed by atoms with Gasteiger partial charge in [0.2, 0.25) is 5.75 Å². The second kappa shape index (κ2) is 5.82. The minimum absolute atomic E-state index is 0.273. The van der Waals surface area contributed by atoms with E-state index in [4.69, 9.17) is 5.73 Å². The summed E-state index contributed by atoms with van der Waals surface area (Å²) in [6, 6.07) is 2.95. The number of fused-ring (bicyclic) bond motifs is 1. The molecule has 0 bridgehead atoms. The van der Waals surface area contributed by atoms with Crippen LogP contribution in [0.3, 0.4) is 0 Å². The topological polar surface area (TPSA) is 147 Å². The summed E-state index contributed by atoms with van der Waals surface area (Å²) in [5.74, 6) is -3.32. The van der Waals surface area contributed by atoms with Crippen molar-refractivity contribution >= 4 is 23.3 Å². The van der Waals surface area contributed by atoms with Crippen LogP contribution < -0.4 is 21.3 Å². The van der Waals surface area contributed by atoms with Gasteiger partial charge >= 0.3 is 12.0 Å². The highest BCUT2D eigenvalue weighted by Gasteiger charge is 2.35. The smallest absolute Gasteiger partial charge is 0.398 e. The Labute approximate surface area is 146 Å². The highest BCUT2D eigenvalue weighted by atomic mass is 19.4. The van der Waals surface area contributed by atoms with Crippen molar-refractivity contribution in [1.82, 2.24) is 9.88 Å². The quantitative estimate of drug-likeness (QED) is 0.458. The Kier molecular flexibility index (Phi) is 3.86. The Morgan fingerprint density at radius 2 is 1.81 bits per heavy atom. The molecule has 0 aliphatic carbocycles. The molecule has 0 fully saturated rings. The maximum Gasteiger partial charge on any atom is 0.573 e. The second-order valence-electron chi connectivity index (χ2n) is 5.23. The highest BCUT2D eigenvalue weighted by Crippen LogP contribution is 2.34. The van der Waals surface area contributed by atoms with Crippen LogP contribution >= 0.6 is 0 Å². The third kappa shape index (κ3) is 3.05. The van der Waals surface area contributed by atoms with E-state index in [0.29, 0.717) is 16.7 Å². The molecule has 0 unspecified atom stereocenters. The normalized spacial score (nSPS) is 13.3. The number of aromatic nitrogens is 1. The molecule has 0 saturated heterocycles. The molecule has 0 spiro atoms. The molecular weight excluding hydrogens is 377 g/mol. The number of nitrogens with one attached hydrogen (secondary N) is 1. The molecule has 2 amide bonds. The molecule has 140 valence electrons. The van der Waals surface area contributed by atoms with Crippen molar-refractivity contribution < 1.29 is 32.4 Å². The molecular formula is C14H7F3N4O6. The maximum absolute atomic E-state index is 12.4. The van der Waals surface area contributed by atoms with Crippen molar-refractivity contribution in [2.24, 2.45) is 0 Å². The third-order valence-corrected chi connectivity index (χ3v) is 3.58. The van der Waals surface area contributed by atoms with Crippen LogP contribution in [0.25, 0.3) is 5.69 Å². The van der Waals surface area contributed by atoms with Crippen molar-refractivity contribution in [2.75, 3.05) is 5.73 Å². The number of anilines is 1. The van der Waals surface area contributed by atoms with E-state index in [-0.39, 0.29) is 16.8 Å². The monoisotopic (exact) mass is 384 g/mol. The fourth-order valence-corrected chi connectivity index (χ4v) is 2.54. The summed E-state index contributed by atoms with van der Waals surface area (Å²) < 4.78 is 41.3. The van der Waals surface area contributed by atoms with E-state index in [9.17, 15) is 37.7 Å². The average Bonchev–Trinajstić information content (AvgIpc) is 2.81. The van der Waals surface area contributed by atoms with Gasteiger partial charge in [0.15, 0.2) is 0 Å². The number of alkyl halides is 3. The van der Waals surface area contributed by atoms with E-state index in [1.807, 2.05) is 5.32 Å². The number of hydrogen-bond acceptors (Lipinski definition) is 7. The molecule has 1 aromatic carbocycles. The van der Waals surface area contributed by atoms with Gasteiger partial charge in [0.05, 0.1) is 21.7 Å². The lowest BCUT2D eigenvalue weighted by atomic mass is 10.1. The van der Waals surface area contributed by atoms with Gasteiger partial charge in [-0.3, -0.25) is 34.4 Å². The second-order valence-corrected chi connectivity index (χ2v) is 5.23. The molecule has 3 N–H and O–H groups in total. The van der Waals surface area contributed by atoms with Gasteiger partial charge in [0.1, 0.15) is 5.82 Å². The van der Waals surface area contributed by atoms with Crippen molar-refractivity contribution in [3.63, 3.8) is 0 Å². The van der Waals surface area contributed by atoms with Crippen LogP contribution in [0.15, 0.2) is 29.1 Å². The number of nitro groups is 1. The standard InChI is InChI=1S/C14H7F3N4O6/c15-14(16,17)27-8-2-1-5(3-7(8)21(25)26)20-9(22)4-6-10(11(20)18)13(24)19-12(6)23/h1-4H,18H2,(H,19,23,24).